The van der Waals surface area contributed by atoms with E-state index in [1.807, 2.05) is 13.0 Å². The monoisotopic (exact) mass is 224 g/mol. The lowest BCUT2D eigenvalue weighted by Gasteiger charge is -2.10. The van der Waals surface area contributed by atoms with Gasteiger partial charge in [0.15, 0.2) is 5.11 Å². The Kier molecular flexibility index (Phi) is 2.86. The Morgan fingerprint density at radius 1 is 1.40 bits per heavy atom. The van der Waals surface area contributed by atoms with Crippen molar-refractivity contribution in [3.8, 4) is 0 Å². The molecule has 0 aliphatic heterocycles. The van der Waals surface area contributed by atoms with Gasteiger partial charge < -0.3 is 10.6 Å². The summed E-state index contributed by atoms with van der Waals surface area (Å²) in [5.74, 6) is -0.244. The fourth-order valence-electron chi connectivity index (χ4n) is 1.39. The Morgan fingerprint density at radius 2 is 2.13 bits per heavy atom. The first-order chi connectivity index (χ1) is 7.13. The van der Waals surface area contributed by atoms with Crippen molar-refractivity contribution in [1.82, 2.24) is 5.32 Å². The third-order valence-corrected chi connectivity index (χ3v) is 2.43. The second-order valence-corrected chi connectivity index (χ2v) is 4.30. The average Bonchev–Trinajstić information content (AvgIpc) is 2.85. The molecule has 1 aliphatic carbocycles. The second-order valence-electron chi connectivity index (χ2n) is 3.89. The van der Waals surface area contributed by atoms with Crippen LogP contribution in [0.3, 0.4) is 0 Å². The fourth-order valence-corrected chi connectivity index (χ4v) is 1.67. The van der Waals surface area contributed by atoms with Gasteiger partial charge in [0, 0.05) is 11.7 Å². The van der Waals surface area contributed by atoms with Gasteiger partial charge in [-0.2, -0.15) is 0 Å². The van der Waals surface area contributed by atoms with Crippen LogP contribution in [0.15, 0.2) is 18.2 Å². The fraction of sp³-hybridized carbons (Fsp3) is 0.364. The van der Waals surface area contributed by atoms with Gasteiger partial charge in [-0.15, -0.1) is 0 Å². The first kappa shape index (κ1) is 10.4. The molecule has 4 heteroatoms. The molecule has 2 rings (SSSR count). The van der Waals surface area contributed by atoms with Gasteiger partial charge in [0.05, 0.1) is 0 Å². The molecule has 0 amide bonds. The molecule has 0 heterocycles. The molecule has 2 nitrogen and oxygen atoms in total. The summed E-state index contributed by atoms with van der Waals surface area (Å²) in [6, 6.07) is 5.31. The first-order valence-corrected chi connectivity index (χ1v) is 5.39. The maximum atomic E-state index is 13.0. The van der Waals surface area contributed by atoms with E-state index in [9.17, 15) is 4.39 Å². The van der Waals surface area contributed by atoms with E-state index in [-0.39, 0.29) is 5.82 Å². The van der Waals surface area contributed by atoms with E-state index in [0.717, 1.165) is 5.56 Å². The van der Waals surface area contributed by atoms with Crippen LogP contribution in [0, 0.1) is 12.7 Å². The van der Waals surface area contributed by atoms with Gasteiger partial charge in [0.2, 0.25) is 0 Å². The number of anilines is 1. The molecule has 1 saturated carbocycles. The molecule has 0 radical (unpaired) electrons. The third-order valence-electron chi connectivity index (χ3n) is 2.21. The Labute approximate surface area is 93.9 Å². The number of nitrogens with one attached hydrogen (secondary N) is 2. The van der Waals surface area contributed by atoms with Gasteiger partial charge in [-0.25, -0.2) is 4.39 Å². The van der Waals surface area contributed by atoms with E-state index in [4.69, 9.17) is 12.2 Å². The minimum absolute atomic E-state index is 0.244. The lowest BCUT2D eigenvalue weighted by Crippen LogP contribution is -2.30. The molecule has 0 bridgehead atoms. The predicted molar refractivity (Wildman–Crippen MR) is 63.5 cm³/mol. The molecule has 1 aromatic carbocycles. The highest BCUT2D eigenvalue weighted by molar-refractivity contribution is 7.80. The van der Waals surface area contributed by atoms with E-state index >= 15 is 0 Å². The summed E-state index contributed by atoms with van der Waals surface area (Å²) in [7, 11) is 0. The molecule has 0 atom stereocenters. The van der Waals surface area contributed by atoms with Crippen molar-refractivity contribution in [2.75, 3.05) is 5.32 Å². The van der Waals surface area contributed by atoms with E-state index in [0.29, 0.717) is 16.8 Å². The van der Waals surface area contributed by atoms with Crippen molar-refractivity contribution < 1.29 is 4.39 Å². The molecule has 80 valence electrons. The van der Waals surface area contributed by atoms with Crippen LogP contribution in [0.4, 0.5) is 10.1 Å². The summed E-state index contributed by atoms with van der Waals surface area (Å²) >= 11 is 5.09. The van der Waals surface area contributed by atoms with Crippen LogP contribution in [0.25, 0.3) is 0 Å². The number of hydrogen-bond donors (Lipinski definition) is 2. The molecule has 1 aliphatic rings. The largest absolute Gasteiger partial charge is 0.360 e. The van der Waals surface area contributed by atoms with Gasteiger partial charge in [0.1, 0.15) is 5.82 Å². The van der Waals surface area contributed by atoms with Crippen molar-refractivity contribution in [3.05, 3.63) is 29.6 Å². The van der Waals surface area contributed by atoms with Gasteiger partial charge in [-0.3, -0.25) is 0 Å². The Hall–Kier alpha value is -1.16. The summed E-state index contributed by atoms with van der Waals surface area (Å²) in [6.07, 6.45) is 2.34. The summed E-state index contributed by atoms with van der Waals surface area (Å²) in [5, 5.41) is 6.69. The van der Waals surface area contributed by atoms with E-state index in [1.54, 1.807) is 0 Å². The zero-order valence-electron chi connectivity index (χ0n) is 8.51. The van der Waals surface area contributed by atoms with Crippen molar-refractivity contribution in [1.29, 1.82) is 0 Å². The summed E-state index contributed by atoms with van der Waals surface area (Å²) < 4.78 is 13.0. The predicted octanol–water partition coefficient (Wildman–Crippen LogP) is 2.58. The molecule has 0 spiro atoms. The number of thiocarbonyl (C=S) groups is 1. The Bertz CT molecular complexity index is 368. The highest BCUT2D eigenvalue weighted by Gasteiger charge is 2.21. The molecule has 2 N–H and O–H groups in total. The van der Waals surface area contributed by atoms with Crippen LogP contribution < -0.4 is 10.6 Å². The van der Waals surface area contributed by atoms with Crippen LogP contribution in [-0.4, -0.2) is 11.2 Å². The number of rotatable bonds is 2. The lowest BCUT2D eigenvalue weighted by atomic mass is 10.2. The normalized spacial score (nSPS) is 14.8. The number of aryl methyl sites for hydroxylation is 1. The van der Waals surface area contributed by atoms with Gasteiger partial charge in [-0.05, 0) is 55.7 Å². The molecule has 15 heavy (non-hydrogen) atoms. The molecule has 0 saturated heterocycles. The number of halogens is 1. The molecular formula is C11H13FN2S. The average molecular weight is 224 g/mol. The van der Waals surface area contributed by atoms with Crippen molar-refractivity contribution >= 4 is 23.0 Å². The first-order valence-electron chi connectivity index (χ1n) is 4.98. The molecule has 1 aromatic rings. The van der Waals surface area contributed by atoms with Crippen molar-refractivity contribution in [2.24, 2.45) is 0 Å². The lowest BCUT2D eigenvalue weighted by molar-refractivity contribution is 0.627. The molecular weight excluding hydrogens is 211 g/mol. The highest BCUT2D eigenvalue weighted by atomic mass is 32.1. The Balaban J connectivity index is 1.99. The van der Waals surface area contributed by atoms with Crippen LogP contribution in [-0.2, 0) is 0 Å². The van der Waals surface area contributed by atoms with Crippen LogP contribution in [0.1, 0.15) is 18.4 Å². The molecule has 0 aromatic heterocycles. The second kappa shape index (κ2) is 4.14. The van der Waals surface area contributed by atoms with E-state index < -0.39 is 0 Å². The smallest absolute Gasteiger partial charge is 0.170 e. The maximum absolute atomic E-state index is 13.0. The Morgan fingerprint density at radius 3 is 2.73 bits per heavy atom. The maximum Gasteiger partial charge on any atom is 0.170 e. The molecule has 0 unspecified atom stereocenters. The van der Waals surface area contributed by atoms with E-state index in [1.165, 1.54) is 25.0 Å². The van der Waals surface area contributed by atoms with Crippen molar-refractivity contribution in [3.63, 3.8) is 0 Å². The minimum atomic E-state index is -0.244. The zero-order valence-corrected chi connectivity index (χ0v) is 9.33. The summed E-state index contributed by atoms with van der Waals surface area (Å²) in [4.78, 5) is 0. The van der Waals surface area contributed by atoms with Crippen LogP contribution >= 0.6 is 12.2 Å². The van der Waals surface area contributed by atoms with E-state index in [2.05, 4.69) is 10.6 Å². The van der Waals surface area contributed by atoms with Gasteiger partial charge >= 0.3 is 0 Å². The molecule has 1 fully saturated rings. The number of hydrogen-bond acceptors (Lipinski definition) is 1. The highest BCUT2D eigenvalue weighted by Crippen LogP contribution is 2.19. The van der Waals surface area contributed by atoms with Gasteiger partial charge in [0.25, 0.3) is 0 Å². The standard InChI is InChI=1S/C11H13FN2S/c1-7-4-8(12)6-10(5-7)14-11(15)13-9-2-3-9/h4-6,9H,2-3H2,1H3,(H2,13,14,15). The number of benzene rings is 1. The van der Waals surface area contributed by atoms with Crippen LogP contribution in [0.2, 0.25) is 0 Å². The third kappa shape index (κ3) is 3.16. The quantitative estimate of drug-likeness (QED) is 0.755. The zero-order chi connectivity index (χ0) is 10.8. The SMILES string of the molecule is Cc1cc(F)cc(NC(=S)NC2CC2)c1. The summed E-state index contributed by atoms with van der Waals surface area (Å²) in [6.45, 7) is 1.85. The van der Waals surface area contributed by atoms with Gasteiger partial charge in [-0.1, -0.05) is 0 Å². The summed E-state index contributed by atoms with van der Waals surface area (Å²) in [5.41, 5.74) is 1.58. The topological polar surface area (TPSA) is 24.1 Å². The van der Waals surface area contributed by atoms with Crippen molar-refractivity contribution in [2.45, 2.75) is 25.8 Å². The minimum Gasteiger partial charge on any atom is -0.360 e. The van der Waals surface area contributed by atoms with Crippen LogP contribution in [0.5, 0.6) is 0 Å².